The van der Waals surface area contributed by atoms with Gasteiger partial charge in [-0.15, -0.1) is 10.2 Å². The number of rotatable bonds is 5. The Morgan fingerprint density at radius 1 is 1.52 bits per heavy atom. The third-order valence-electron chi connectivity index (χ3n) is 3.47. The van der Waals surface area contributed by atoms with Gasteiger partial charge in [0.05, 0.1) is 16.8 Å². The van der Waals surface area contributed by atoms with E-state index in [0.717, 1.165) is 0 Å². The maximum absolute atomic E-state index is 11.7. The summed E-state index contributed by atoms with van der Waals surface area (Å²) in [7, 11) is -1.13. The zero-order valence-corrected chi connectivity index (χ0v) is 14.0. The van der Waals surface area contributed by atoms with Crippen molar-refractivity contribution in [2.75, 3.05) is 18.1 Å². The molecule has 2 rings (SSSR count). The van der Waals surface area contributed by atoms with E-state index in [1.807, 2.05) is 20.9 Å². The Labute approximate surface area is 128 Å². The predicted octanol–water partition coefficient (Wildman–Crippen LogP) is 0.334. The molecule has 9 heteroatoms. The fraction of sp³-hybridized carbons (Fsp3) is 0.750. The second kappa shape index (κ2) is 6.35. The quantitative estimate of drug-likeness (QED) is 0.781. The van der Waals surface area contributed by atoms with Gasteiger partial charge in [-0.2, -0.15) is 0 Å². The van der Waals surface area contributed by atoms with E-state index in [2.05, 4.69) is 15.5 Å². The number of hydrogen-bond acceptors (Lipinski definition) is 6. The second-order valence-electron chi connectivity index (χ2n) is 5.15. The van der Waals surface area contributed by atoms with E-state index in [0.29, 0.717) is 23.9 Å². The van der Waals surface area contributed by atoms with Gasteiger partial charge in [-0.1, -0.05) is 11.8 Å². The predicted molar refractivity (Wildman–Crippen MR) is 81.0 cm³/mol. The van der Waals surface area contributed by atoms with E-state index in [-0.39, 0.29) is 28.6 Å². The van der Waals surface area contributed by atoms with E-state index in [1.54, 1.807) is 4.57 Å². The van der Waals surface area contributed by atoms with Crippen molar-refractivity contribution < 1.29 is 13.2 Å². The minimum atomic E-state index is -2.95. The zero-order chi connectivity index (χ0) is 15.6. The number of carbonyl (C=O) groups is 1. The number of amides is 1. The van der Waals surface area contributed by atoms with Gasteiger partial charge in [0.1, 0.15) is 5.82 Å². The molecule has 1 fully saturated rings. The molecule has 0 aromatic carbocycles. The standard InChI is InChI=1S/C12H20N4O3S2/c1-4-13-11(17)8(2)20-12-15-14-10(16(12)3)9-5-6-21(18,19)7-9/h8-9H,4-7H2,1-3H3,(H,13,17)/t8-,9-/m0/s1. The molecule has 0 bridgehead atoms. The van der Waals surface area contributed by atoms with Gasteiger partial charge in [0, 0.05) is 19.5 Å². The molecule has 2 heterocycles. The highest BCUT2D eigenvalue weighted by Gasteiger charge is 2.32. The highest BCUT2D eigenvalue weighted by molar-refractivity contribution is 8.00. The monoisotopic (exact) mass is 332 g/mol. The first-order valence-corrected chi connectivity index (χ1v) is 9.58. The summed E-state index contributed by atoms with van der Waals surface area (Å²) in [5, 5.41) is 11.3. The lowest BCUT2D eigenvalue weighted by Gasteiger charge is -2.11. The Morgan fingerprint density at radius 2 is 2.24 bits per heavy atom. The van der Waals surface area contributed by atoms with Crippen LogP contribution in [-0.2, 0) is 21.7 Å². The SMILES string of the molecule is CCNC(=O)[C@H](C)Sc1nnc([C@H]2CCS(=O)(=O)C2)n1C. The van der Waals surface area contributed by atoms with Crippen LogP contribution in [-0.4, -0.2) is 52.4 Å². The van der Waals surface area contributed by atoms with Gasteiger partial charge in [-0.25, -0.2) is 8.42 Å². The summed E-state index contributed by atoms with van der Waals surface area (Å²) in [5.41, 5.74) is 0. The minimum absolute atomic E-state index is 0.0458. The van der Waals surface area contributed by atoms with Crippen LogP contribution in [0.5, 0.6) is 0 Å². The largest absolute Gasteiger partial charge is 0.355 e. The van der Waals surface area contributed by atoms with Crippen molar-refractivity contribution in [3.8, 4) is 0 Å². The summed E-state index contributed by atoms with van der Waals surface area (Å²) >= 11 is 1.33. The molecular formula is C12H20N4O3S2. The van der Waals surface area contributed by atoms with Crippen LogP contribution in [0.2, 0.25) is 0 Å². The van der Waals surface area contributed by atoms with Crippen molar-refractivity contribution in [3.05, 3.63) is 5.82 Å². The molecule has 7 nitrogen and oxygen atoms in total. The Bertz CT molecular complexity index is 626. The summed E-state index contributed by atoms with van der Waals surface area (Å²) in [6, 6.07) is 0. The molecule has 1 aliphatic rings. The van der Waals surface area contributed by atoms with E-state index in [9.17, 15) is 13.2 Å². The Hall–Kier alpha value is -1.09. The van der Waals surface area contributed by atoms with E-state index < -0.39 is 9.84 Å². The third kappa shape index (κ3) is 3.76. The van der Waals surface area contributed by atoms with Crippen molar-refractivity contribution in [2.24, 2.45) is 7.05 Å². The van der Waals surface area contributed by atoms with Crippen molar-refractivity contribution in [2.45, 2.75) is 36.6 Å². The molecule has 1 aromatic rings. The first-order valence-electron chi connectivity index (χ1n) is 6.88. The van der Waals surface area contributed by atoms with Crippen LogP contribution in [0, 0.1) is 0 Å². The summed E-state index contributed by atoms with van der Waals surface area (Å²) in [4.78, 5) is 11.7. The lowest BCUT2D eigenvalue weighted by molar-refractivity contribution is -0.120. The number of nitrogens with zero attached hydrogens (tertiary/aromatic N) is 3. The van der Waals surface area contributed by atoms with Crippen molar-refractivity contribution in [1.29, 1.82) is 0 Å². The lowest BCUT2D eigenvalue weighted by atomic mass is 10.1. The molecule has 0 saturated carbocycles. The molecule has 0 aliphatic carbocycles. The molecule has 1 aromatic heterocycles. The number of nitrogens with one attached hydrogen (secondary N) is 1. The number of sulfone groups is 1. The number of carbonyl (C=O) groups excluding carboxylic acids is 1. The molecule has 1 N–H and O–H groups in total. The zero-order valence-electron chi connectivity index (χ0n) is 12.4. The first kappa shape index (κ1) is 16.3. The highest BCUT2D eigenvalue weighted by atomic mass is 32.2. The summed E-state index contributed by atoms with van der Waals surface area (Å²) < 4.78 is 24.9. The summed E-state index contributed by atoms with van der Waals surface area (Å²) in [5.74, 6) is 0.886. The molecule has 0 unspecified atom stereocenters. The fourth-order valence-corrected chi connectivity index (χ4v) is 4.90. The van der Waals surface area contributed by atoms with Crippen LogP contribution in [0.25, 0.3) is 0 Å². The molecule has 1 amide bonds. The highest BCUT2D eigenvalue weighted by Crippen LogP contribution is 2.30. The topological polar surface area (TPSA) is 94.0 Å². The van der Waals surface area contributed by atoms with E-state index in [4.69, 9.17) is 0 Å². The van der Waals surface area contributed by atoms with E-state index in [1.165, 1.54) is 11.8 Å². The fourth-order valence-electron chi connectivity index (χ4n) is 2.31. The van der Waals surface area contributed by atoms with Crippen LogP contribution in [0.3, 0.4) is 0 Å². The molecule has 2 atom stereocenters. The van der Waals surface area contributed by atoms with Gasteiger partial charge < -0.3 is 9.88 Å². The first-order chi connectivity index (χ1) is 9.84. The molecule has 1 saturated heterocycles. The Morgan fingerprint density at radius 3 is 2.81 bits per heavy atom. The molecule has 118 valence electrons. The maximum Gasteiger partial charge on any atom is 0.233 e. The number of thioether (sulfide) groups is 1. The van der Waals surface area contributed by atoms with Gasteiger partial charge in [-0.3, -0.25) is 4.79 Å². The van der Waals surface area contributed by atoms with Gasteiger partial charge in [0.25, 0.3) is 0 Å². The van der Waals surface area contributed by atoms with Crippen molar-refractivity contribution in [1.82, 2.24) is 20.1 Å². The van der Waals surface area contributed by atoms with Crippen LogP contribution in [0.15, 0.2) is 5.16 Å². The normalized spacial score (nSPS) is 22.1. The number of hydrogen-bond donors (Lipinski definition) is 1. The molecular weight excluding hydrogens is 312 g/mol. The maximum atomic E-state index is 11.7. The van der Waals surface area contributed by atoms with Gasteiger partial charge >= 0.3 is 0 Å². The van der Waals surface area contributed by atoms with Crippen LogP contribution >= 0.6 is 11.8 Å². The average Bonchev–Trinajstić information content (AvgIpc) is 2.93. The molecule has 1 aliphatic heterocycles. The summed E-state index contributed by atoms with van der Waals surface area (Å²) in [6.45, 7) is 4.27. The minimum Gasteiger partial charge on any atom is -0.355 e. The van der Waals surface area contributed by atoms with Crippen LogP contribution < -0.4 is 5.32 Å². The summed E-state index contributed by atoms with van der Waals surface area (Å²) in [6.07, 6.45) is 0.588. The average molecular weight is 332 g/mol. The molecule has 0 spiro atoms. The third-order valence-corrected chi connectivity index (χ3v) is 6.37. The van der Waals surface area contributed by atoms with Crippen molar-refractivity contribution >= 4 is 27.5 Å². The lowest BCUT2D eigenvalue weighted by Crippen LogP contribution is -2.30. The molecule has 0 radical (unpaired) electrons. The Kier molecular flexibility index (Phi) is 4.92. The molecule has 21 heavy (non-hydrogen) atoms. The van der Waals surface area contributed by atoms with Gasteiger partial charge in [0.2, 0.25) is 5.91 Å². The van der Waals surface area contributed by atoms with Crippen LogP contribution in [0.4, 0.5) is 0 Å². The second-order valence-corrected chi connectivity index (χ2v) is 8.69. The van der Waals surface area contributed by atoms with Gasteiger partial charge in [-0.05, 0) is 20.3 Å². The van der Waals surface area contributed by atoms with Gasteiger partial charge in [0.15, 0.2) is 15.0 Å². The van der Waals surface area contributed by atoms with E-state index >= 15 is 0 Å². The number of aromatic nitrogens is 3. The van der Waals surface area contributed by atoms with Crippen molar-refractivity contribution in [3.63, 3.8) is 0 Å². The van der Waals surface area contributed by atoms with Crippen LogP contribution in [0.1, 0.15) is 32.0 Å². The smallest absolute Gasteiger partial charge is 0.233 e. The Balaban J connectivity index is 2.09.